The van der Waals surface area contributed by atoms with Crippen LogP contribution in [0.1, 0.15) is 30.6 Å². The molecule has 1 N–H and O–H groups in total. The number of rotatable bonds is 2. The Labute approximate surface area is 131 Å². The highest BCUT2D eigenvalue weighted by Crippen LogP contribution is 2.54. The molecule has 0 aromatic heterocycles. The average molecular weight is 354 g/mol. The van der Waals surface area contributed by atoms with Gasteiger partial charge in [-0.3, -0.25) is 0 Å². The lowest BCUT2D eigenvalue weighted by Gasteiger charge is -2.31. The van der Waals surface area contributed by atoms with Gasteiger partial charge in [0.15, 0.2) is 5.60 Å². The van der Waals surface area contributed by atoms with Crippen LogP contribution in [0.3, 0.4) is 0 Å². The van der Waals surface area contributed by atoms with Crippen molar-refractivity contribution in [1.29, 1.82) is 0 Å². The normalized spacial score (nSPS) is 24.3. The molecular weight excluding hydrogens is 340 g/mol. The number of hydrogen-bond donors (Lipinski definition) is 1. The molecule has 0 bridgehead atoms. The smallest absolute Gasteiger partial charge is 0.164 e. The number of fused-ring (bicyclic) bond motifs is 1. The molecule has 3 rings (SSSR count). The van der Waals surface area contributed by atoms with Crippen LogP contribution in [-0.2, 0) is 5.60 Å². The van der Waals surface area contributed by atoms with Gasteiger partial charge in [-0.05, 0) is 40.0 Å². The Kier molecular flexibility index (Phi) is 3.53. The maximum Gasteiger partial charge on any atom is 0.164 e. The standard InChI is InChI=1S/C16H14BrClO2/c1-2-16(10-6-4-3-5-7-10)15(19)13-12(20-16)9-8-11(18)14(13)17/h3-9,15,19H,2H2,1H3/t15-,16+/m0/s1. The third kappa shape index (κ3) is 1.88. The first-order valence-corrected chi connectivity index (χ1v) is 7.67. The second kappa shape index (κ2) is 5.06. The Morgan fingerprint density at radius 1 is 1.25 bits per heavy atom. The van der Waals surface area contributed by atoms with Crippen LogP contribution in [0.15, 0.2) is 46.9 Å². The van der Waals surface area contributed by atoms with E-state index in [-0.39, 0.29) is 0 Å². The molecule has 20 heavy (non-hydrogen) atoms. The lowest BCUT2D eigenvalue weighted by atomic mass is 9.84. The van der Waals surface area contributed by atoms with E-state index in [0.29, 0.717) is 21.7 Å². The van der Waals surface area contributed by atoms with Crippen molar-refractivity contribution in [2.24, 2.45) is 0 Å². The van der Waals surface area contributed by atoms with E-state index in [0.717, 1.165) is 11.1 Å². The van der Waals surface area contributed by atoms with Crippen molar-refractivity contribution in [2.45, 2.75) is 25.0 Å². The van der Waals surface area contributed by atoms with Crippen LogP contribution in [0.4, 0.5) is 0 Å². The molecule has 1 heterocycles. The summed E-state index contributed by atoms with van der Waals surface area (Å²) in [5, 5.41) is 11.4. The number of benzene rings is 2. The zero-order valence-corrected chi connectivity index (χ0v) is 13.3. The van der Waals surface area contributed by atoms with E-state index in [1.807, 2.05) is 43.3 Å². The van der Waals surface area contributed by atoms with Gasteiger partial charge in [0.2, 0.25) is 0 Å². The minimum Gasteiger partial charge on any atom is -0.479 e. The highest BCUT2D eigenvalue weighted by molar-refractivity contribution is 9.10. The summed E-state index contributed by atoms with van der Waals surface area (Å²) in [6, 6.07) is 13.4. The molecule has 0 saturated carbocycles. The summed E-state index contributed by atoms with van der Waals surface area (Å²) in [5.74, 6) is 0.680. The van der Waals surface area contributed by atoms with E-state index >= 15 is 0 Å². The van der Waals surface area contributed by atoms with Gasteiger partial charge in [-0.15, -0.1) is 0 Å². The van der Waals surface area contributed by atoms with E-state index in [4.69, 9.17) is 16.3 Å². The molecule has 2 aromatic rings. The highest BCUT2D eigenvalue weighted by atomic mass is 79.9. The average Bonchev–Trinajstić information content (AvgIpc) is 2.78. The molecule has 0 spiro atoms. The first-order valence-electron chi connectivity index (χ1n) is 6.50. The van der Waals surface area contributed by atoms with E-state index in [9.17, 15) is 5.11 Å². The van der Waals surface area contributed by atoms with Crippen molar-refractivity contribution in [2.75, 3.05) is 0 Å². The molecule has 0 aliphatic carbocycles. The van der Waals surface area contributed by atoms with Crippen LogP contribution in [0.5, 0.6) is 5.75 Å². The summed E-state index contributed by atoms with van der Waals surface area (Å²) in [5.41, 5.74) is 0.939. The largest absolute Gasteiger partial charge is 0.479 e. The number of halogens is 2. The molecule has 1 aliphatic rings. The van der Waals surface area contributed by atoms with Crippen LogP contribution >= 0.6 is 27.5 Å². The summed E-state index contributed by atoms with van der Waals surface area (Å²) in [6.45, 7) is 2.01. The van der Waals surface area contributed by atoms with Crippen LogP contribution in [-0.4, -0.2) is 5.11 Å². The van der Waals surface area contributed by atoms with Crippen molar-refractivity contribution in [3.63, 3.8) is 0 Å². The highest BCUT2D eigenvalue weighted by Gasteiger charge is 2.49. The minimum atomic E-state index is -0.753. The SMILES string of the molecule is CC[C@]1(c2ccccc2)Oc2ccc(Cl)c(Br)c2[C@@H]1O. The van der Waals surface area contributed by atoms with Crippen molar-refractivity contribution in [1.82, 2.24) is 0 Å². The zero-order chi connectivity index (χ0) is 14.3. The maximum atomic E-state index is 10.8. The first-order chi connectivity index (χ1) is 9.60. The summed E-state index contributed by atoms with van der Waals surface area (Å²) in [4.78, 5) is 0. The fourth-order valence-corrected chi connectivity index (χ4v) is 3.49. The molecule has 0 fully saturated rings. The number of hydrogen-bond acceptors (Lipinski definition) is 2. The van der Waals surface area contributed by atoms with Gasteiger partial charge in [-0.2, -0.15) is 0 Å². The van der Waals surface area contributed by atoms with Crippen LogP contribution in [0.2, 0.25) is 5.02 Å². The van der Waals surface area contributed by atoms with E-state index in [1.54, 1.807) is 6.07 Å². The Morgan fingerprint density at radius 3 is 2.60 bits per heavy atom. The van der Waals surface area contributed by atoms with Gasteiger partial charge < -0.3 is 9.84 Å². The fraction of sp³-hybridized carbons (Fsp3) is 0.250. The first kappa shape index (κ1) is 13.9. The molecule has 1 aliphatic heterocycles. The molecule has 4 heteroatoms. The zero-order valence-electron chi connectivity index (χ0n) is 10.9. The van der Waals surface area contributed by atoms with Crippen LogP contribution < -0.4 is 4.74 Å². The van der Waals surface area contributed by atoms with Crippen LogP contribution in [0, 0.1) is 0 Å². The molecule has 0 amide bonds. The lowest BCUT2D eigenvalue weighted by molar-refractivity contribution is -0.0360. The predicted octanol–water partition coefficient (Wildman–Crippen LogP) is 4.83. The summed E-state index contributed by atoms with van der Waals surface area (Å²) in [6.07, 6.45) is -0.0883. The predicted molar refractivity (Wildman–Crippen MR) is 83.2 cm³/mol. The number of ether oxygens (including phenoxy) is 1. The second-order valence-corrected chi connectivity index (χ2v) is 6.09. The molecule has 2 nitrogen and oxygen atoms in total. The van der Waals surface area contributed by atoms with Gasteiger partial charge in [0.25, 0.3) is 0 Å². The van der Waals surface area contributed by atoms with E-state index in [1.165, 1.54) is 0 Å². The molecule has 2 atom stereocenters. The van der Waals surface area contributed by atoms with Gasteiger partial charge in [-0.25, -0.2) is 0 Å². The van der Waals surface area contributed by atoms with Gasteiger partial charge in [0.05, 0.1) is 5.02 Å². The van der Waals surface area contributed by atoms with Crippen molar-refractivity contribution < 1.29 is 9.84 Å². The Hall–Kier alpha value is -1.03. The van der Waals surface area contributed by atoms with Gasteiger partial charge in [-0.1, -0.05) is 48.9 Å². The van der Waals surface area contributed by atoms with Gasteiger partial charge >= 0.3 is 0 Å². The molecule has 2 aromatic carbocycles. The Morgan fingerprint density at radius 2 is 1.95 bits per heavy atom. The molecule has 104 valence electrons. The molecular formula is C16H14BrClO2. The van der Waals surface area contributed by atoms with E-state index in [2.05, 4.69) is 15.9 Å². The van der Waals surface area contributed by atoms with Crippen molar-refractivity contribution in [3.05, 3.63) is 63.1 Å². The van der Waals surface area contributed by atoms with Crippen molar-refractivity contribution in [3.8, 4) is 5.75 Å². The summed E-state index contributed by atoms with van der Waals surface area (Å²) < 4.78 is 6.84. The van der Waals surface area contributed by atoms with Crippen LogP contribution in [0.25, 0.3) is 0 Å². The van der Waals surface area contributed by atoms with Crippen molar-refractivity contribution >= 4 is 27.5 Å². The molecule has 0 saturated heterocycles. The quantitative estimate of drug-likeness (QED) is 0.837. The van der Waals surface area contributed by atoms with Gasteiger partial charge in [0, 0.05) is 10.0 Å². The number of aliphatic hydroxyl groups excluding tert-OH is 1. The fourth-order valence-electron chi connectivity index (χ4n) is 2.78. The molecule has 0 unspecified atom stereocenters. The Balaban J connectivity index is 2.17. The third-order valence-corrected chi connectivity index (χ3v) is 5.29. The minimum absolute atomic E-state index is 0.575. The second-order valence-electron chi connectivity index (χ2n) is 4.89. The summed E-state index contributed by atoms with van der Waals surface area (Å²) in [7, 11) is 0. The monoisotopic (exact) mass is 352 g/mol. The summed E-state index contributed by atoms with van der Waals surface area (Å²) >= 11 is 9.58. The van der Waals surface area contributed by atoms with E-state index < -0.39 is 11.7 Å². The number of aliphatic hydroxyl groups is 1. The maximum absolute atomic E-state index is 10.8. The Bertz CT molecular complexity index is 644. The lowest BCUT2D eigenvalue weighted by Crippen LogP contribution is -2.34. The topological polar surface area (TPSA) is 29.5 Å². The molecule has 0 radical (unpaired) electrons. The van der Waals surface area contributed by atoms with Gasteiger partial charge in [0.1, 0.15) is 11.9 Å². The third-order valence-electron chi connectivity index (χ3n) is 3.89.